The lowest BCUT2D eigenvalue weighted by molar-refractivity contribution is -0.114. The van der Waals surface area contributed by atoms with Crippen molar-refractivity contribution in [3.05, 3.63) is 21.8 Å². The fourth-order valence-electron chi connectivity index (χ4n) is 1.61. The van der Waals surface area contributed by atoms with Crippen LogP contribution in [0.1, 0.15) is 20.7 Å². The van der Waals surface area contributed by atoms with Crippen molar-refractivity contribution in [2.24, 2.45) is 5.73 Å². The largest absolute Gasteiger partial charge is 0.478 e. The van der Waals surface area contributed by atoms with Gasteiger partial charge in [-0.05, 0) is 67.8 Å². The van der Waals surface area contributed by atoms with Crippen molar-refractivity contribution in [1.82, 2.24) is 5.32 Å². The number of aliphatic hydroxyl groups excluding tert-OH is 1. The van der Waals surface area contributed by atoms with E-state index in [2.05, 4.69) is 10.6 Å². The van der Waals surface area contributed by atoms with Crippen LogP contribution in [0.2, 0.25) is 0 Å². The molecule has 0 aliphatic carbocycles. The van der Waals surface area contributed by atoms with Crippen LogP contribution in [-0.2, 0) is 4.79 Å². The van der Waals surface area contributed by atoms with E-state index in [1.165, 1.54) is 0 Å². The Bertz CT molecular complexity index is 666. The number of carbonyl (C=O) groups is 3. The summed E-state index contributed by atoms with van der Waals surface area (Å²) in [5.41, 5.74) is 5.55. The lowest BCUT2D eigenvalue weighted by Crippen LogP contribution is -2.30. The number of anilines is 1. The molecular formula is C12H12I3N3O5. The van der Waals surface area contributed by atoms with Crippen molar-refractivity contribution < 1.29 is 24.6 Å². The van der Waals surface area contributed by atoms with Gasteiger partial charge >= 0.3 is 5.97 Å². The van der Waals surface area contributed by atoms with Crippen molar-refractivity contribution in [2.75, 3.05) is 25.0 Å². The SMILES string of the molecule is NCC(=O)Nc1c(I)c(C(=O)O)c(I)c(C(=O)NCCO)c1I. The molecule has 0 saturated carbocycles. The molecule has 23 heavy (non-hydrogen) atoms. The monoisotopic (exact) mass is 659 g/mol. The van der Waals surface area contributed by atoms with Crippen molar-refractivity contribution in [1.29, 1.82) is 0 Å². The van der Waals surface area contributed by atoms with E-state index < -0.39 is 17.8 Å². The number of carboxylic acid groups (broad SMARTS) is 1. The van der Waals surface area contributed by atoms with Gasteiger partial charge in [-0.3, -0.25) is 9.59 Å². The quantitative estimate of drug-likeness (QED) is 0.287. The van der Waals surface area contributed by atoms with Crippen LogP contribution in [-0.4, -0.2) is 47.7 Å². The number of nitrogens with one attached hydrogen (secondary N) is 2. The molecule has 8 nitrogen and oxygen atoms in total. The molecule has 11 heteroatoms. The summed E-state index contributed by atoms with van der Waals surface area (Å²) in [6, 6.07) is 0. The Morgan fingerprint density at radius 1 is 1.04 bits per heavy atom. The minimum absolute atomic E-state index is 0.0316. The highest BCUT2D eigenvalue weighted by atomic mass is 127. The van der Waals surface area contributed by atoms with Crippen molar-refractivity contribution in [3.63, 3.8) is 0 Å². The molecule has 1 aromatic carbocycles. The molecule has 0 saturated heterocycles. The second kappa shape index (κ2) is 9.28. The summed E-state index contributed by atoms with van der Waals surface area (Å²) in [7, 11) is 0. The lowest BCUT2D eigenvalue weighted by atomic mass is 10.1. The summed E-state index contributed by atoms with van der Waals surface area (Å²) in [6.45, 7) is -0.484. The second-order valence-electron chi connectivity index (χ2n) is 4.10. The Morgan fingerprint density at radius 3 is 2.09 bits per heavy atom. The number of hydrogen-bond acceptors (Lipinski definition) is 5. The molecule has 126 valence electrons. The molecule has 0 aromatic heterocycles. The molecule has 0 unspecified atom stereocenters. The standard InChI is InChI=1S/C12H12I3N3O5/c13-7-5(11(21)17-1-2-19)8(14)10(18-4(20)3-16)9(15)6(7)12(22)23/h19H,1-3,16H2,(H,17,21)(H,18,20)(H,22,23). The normalized spacial score (nSPS) is 10.3. The highest BCUT2D eigenvalue weighted by molar-refractivity contribution is 14.1. The van der Waals surface area contributed by atoms with Gasteiger partial charge in [0.2, 0.25) is 5.91 Å². The highest BCUT2D eigenvalue weighted by Gasteiger charge is 2.28. The maximum absolute atomic E-state index is 12.3. The van der Waals surface area contributed by atoms with Gasteiger partial charge in [0.05, 0.1) is 37.1 Å². The molecule has 0 bridgehead atoms. The molecule has 0 heterocycles. The minimum atomic E-state index is -1.21. The zero-order valence-corrected chi connectivity index (χ0v) is 17.9. The van der Waals surface area contributed by atoms with Crippen LogP contribution >= 0.6 is 67.8 Å². The number of amides is 2. The Kier molecular flexibility index (Phi) is 8.39. The third-order valence-corrected chi connectivity index (χ3v) is 5.84. The van der Waals surface area contributed by atoms with Crippen molar-refractivity contribution in [3.8, 4) is 0 Å². The van der Waals surface area contributed by atoms with Gasteiger partial charge in [0.25, 0.3) is 5.91 Å². The lowest BCUT2D eigenvalue weighted by Gasteiger charge is -2.17. The van der Waals surface area contributed by atoms with Crippen LogP contribution in [0.15, 0.2) is 0 Å². The maximum atomic E-state index is 12.3. The van der Waals surface area contributed by atoms with Crippen LogP contribution in [0.3, 0.4) is 0 Å². The molecule has 0 spiro atoms. The van der Waals surface area contributed by atoms with Gasteiger partial charge in [0.15, 0.2) is 0 Å². The predicted molar refractivity (Wildman–Crippen MR) is 109 cm³/mol. The molecule has 0 aliphatic rings. The van der Waals surface area contributed by atoms with E-state index in [0.29, 0.717) is 7.14 Å². The number of benzene rings is 1. The summed E-state index contributed by atoms with van der Waals surface area (Å²) in [5, 5.41) is 23.2. The van der Waals surface area contributed by atoms with Gasteiger partial charge in [-0.1, -0.05) is 0 Å². The average Bonchev–Trinajstić information content (AvgIpc) is 2.48. The van der Waals surface area contributed by atoms with Crippen LogP contribution in [0.5, 0.6) is 0 Å². The number of nitrogens with two attached hydrogens (primary N) is 1. The molecular weight excluding hydrogens is 647 g/mol. The molecule has 0 aliphatic heterocycles. The van der Waals surface area contributed by atoms with Gasteiger partial charge in [-0.2, -0.15) is 0 Å². The van der Waals surface area contributed by atoms with E-state index in [1.54, 1.807) is 22.6 Å². The zero-order chi connectivity index (χ0) is 17.7. The minimum Gasteiger partial charge on any atom is -0.478 e. The van der Waals surface area contributed by atoms with E-state index >= 15 is 0 Å². The average molecular weight is 659 g/mol. The fraction of sp³-hybridized carbons (Fsp3) is 0.250. The molecule has 0 radical (unpaired) electrons. The van der Waals surface area contributed by atoms with E-state index in [4.69, 9.17) is 10.8 Å². The van der Waals surface area contributed by atoms with Crippen LogP contribution in [0.25, 0.3) is 0 Å². The van der Waals surface area contributed by atoms with Crippen LogP contribution in [0, 0.1) is 10.7 Å². The molecule has 2 amide bonds. The van der Waals surface area contributed by atoms with Crippen LogP contribution < -0.4 is 16.4 Å². The summed E-state index contributed by atoms with van der Waals surface area (Å²) >= 11 is 5.46. The number of carbonyl (C=O) groups excluding carboxylic acids is 2. The van der Waals surface area contributed by atoms with E-state index in [1.807, 2.05) is 45.2 Å². The van der Waals surface area contributed by atoms with Gasteiger partial charge < -0.3 is 26.6 Å². The number of rotatable bonds is 6. The zero-order valence-electron chi connectivity index (χ0n) is 11.5. The van der Waals surface area contributed by atoms with Gasteiger partial charge in [-0.15, -0.1) is 0 Å². The number of aliphatic hydroxyl groups is 1. The van der Waals surface area contributed by atoms with Crippen LogP contribution in [0.4, 0.5) is 5.69 Å². The number of hydrogen-bond donors (Lipinski definition) is 5. The molecule has 6 N–H and O–H groups in total. The number of carboxylic acids is 1. The third-order valence-electron chi connectivity index (χ3n) is 2.61. The summed E-state index contributed by atoms with van der Waals surface area (Å²) in [4.78, 5) is 35.4. The molecule has 0 atom stereocenters. The molecule has 1 aromatic rings. The smallest absolute Gasteiger partial charge is 0.337 e. The highest BCUT2D eigenvalue weighted by Crippen LogP contribution is 2.35. The Labute approximate surface area is 172 Å². The summed E-state index contributed by atoms with van der Waals surface area (Å²) in [5.74, 6) is -2.25. The van der Waals surface area contributed by atoms with Gasteiger partial charge in [0, 0.05) is 10.1 Å². The van der Waals surface area contributed by atoms with E-state index in [0.717, 1.165) is 0 Å². The van der Waals surface area contributed by atoms with Crippen molar-refractivity contribution in [2.45, 2.75) is 0 Å². The molecule has 0 fully saturated rings. The maximum Gasteiger partial charge on any atom is 0.337 e. The summed E-state index contributed by atoms with van der Waals surface area (Å²) < 4.78 is 0.966. The first-order valence-electron chi connectivity index (χ1n) is 6.08. The number of aromatic carboxylic acids is 1. The molecule has 1 rings (SSSR count). The van der Waals surface area contributed by atoms with Gasteiger partial charge in [-0.25, -0.2) is 4.79 Å². The first-order chi connectivity index (χ1) is 10.8. The summed E-state index contributed by atoms with van der Waals surface area (Å²) in [6.07, 6.45) is 0. The fourth-order valence-corrected chi connectivity index (χ4v) is 6.00. The Morgan fingerprint density at radius 2 is 1.61 bits per heavy atom. The third kappa shape index (κ3) is 4.86. The Hall–Kier alpha value is -0.260. The van der Waals surface area contributed by atoms with Gasteiger partial charge in [0.1, 0.15) is 0 Å². The van der Waals surface area contributed by atoms with Crippen molar-refractivity contribution >= 4 is 91.2 Å². The predicted octanol–water partition coefficient (Wildman–Crippen LogP) is 0.818. The number of halogens is 3. The second-order valence-corrected chi connectivity index (χ2v) is 7.34. The first kappa shape index (κ1) is 20.8. The van der Waals surface area contributed by atoms with E-state index in [-0.39, 0.29) is 40.1 Å². The topological polar surface area (TPSA) is 142 Å². The first-order valence-corrected chi connectivity index (χ1v) is 9.32. The van der Waals surface area contributed by atoms with E-state index in [9.17, 15) is 19.5 Å². The Balaban J connectivity index is 3.59.